The van der Waals surface area contributed by atoms with Crippen molar-refractivity contribution in [1.82, 2.24) is 0 Å². The molecule has 2 heterocycles. The van der Waals surface area contributed by atoms with Gasteiger partial charge in [0.25, 0.3) is 0 Å². The largest absolute Gasteiger partial charge is 0.426 e. The standard InChI is InChI=1S/C27H26N2O5/c1-16-6-5-7-17(2)24(16)28-15-18(14-23(28)30)27(33)34-20-12-10-19(11-13-20)29-25(31)21-8-3-4-9-22(21)26(29)32/h3-7,10-13,18,21-22H,8-9,14-15H2,1-2H3/t18-,21-,22+/m0/s1. The van der Waals surface area contributed by atoms with Crippen LogP contribution >= 0.6 is 0 Å². The molecule has 3 aliphatic rings. The molecule has 2 aromatic rings. The van der Waals surface area contributed by atoms with Crippen molar-refractivity contribution in [3.05, 3.63) is 65.7 Å². The number of carbonyl (C=O) groups is 4. The zero-order chi connectivity index (χ0) is 24.0. The number of anilines is 2. The van der Waals surface area contributed by atoms with Crippen molar-refractivity contribution in [2.24, 2.45) is 17.8 Å². The maximum atomic E-state index is 12.8. The van der Waals surface area contributed by atoms with Crippen LogP contribution in [0.1, 0.15) is 30.4 Å². The van der Waals surface area contributed by atoms with E-state index >= 15 is 0 Å². The first kappa shape index (κ1) is 22.1. The van der Waals surface area contributed by atoms with Gasteiger partial charge in [-0.15, -0.1) is 0 Å². The van der Waals surface area contributed by atoms with E-state index in [0.717, 1.165) is 16.8 Å². The maximum Gasteiger partial charge on any atom is 0.316 e. The Hall–Kier alpha value is -3.74. The Bertz CT molecular complexity index is 1170. The second-order valence-corrected chi connectivity index (χ2v) is 9.23. The van der Waals surface area contributed by atoms with Crippen LogP contribution in [-0.4, -0.2) is 30.2 Å². The number of amides is 3. The number of para-hydroxylation sites is 1. The molecular formula is C27H26N2O5. The van der Waals surface area contributed by atoms with E-state index in [4.69, 9.17) is 4.74 Å². The van der Waals surface area contributed by atoms with E-state index in [2.05, 4.69) is 0 Å². The molecule has 34 heavy (non-hydrogen) atoms. The summed E-state index contributed by atoms with van der Waals surface area (Å²) in [7, 11) is 0. The number of fused-ring (bicyclic) bond motifs is 1. The highest BCUT2D eigenvalue weighted by Crippen LogP contribution is 2.38. The summed E-state index contributed by atoms with van der Waals surface area (Å²) in [6, 6.07) is 12.2. The van der Waals surface area contributed by atoms with E-state index in [1.165, 1.54) is 4.90 Å². The van der Waals surface area contributed by atoms with Crippen molar-refractivity contribution in [3.63, 3.8) is 0 Å². The molecule has 0 spiro atoms. The van der Waals surface area contributed by atoms with E-state index in [9.17, 15) is 19.2 Å². The van der Waals surface area contributed by atoms with Gasteiger partial charge >= 0.3 is 5.97 Å². The van der Waals surface area contributed by atoms with E-state index < -0.39 is 11.9 Å². The summed E-state index contributed by atoms with van der Waals surface area (Å²) in [4.78, 5) is 53.9. The first-order valence-electron chi connectivity index (χ1n) is 11.6. The number of aryl methyl sites for hydroxylation is 2. The zero-order valence-corrected chi connectivity index (χ0v) is 19.2. The van der Waals surface area contributed by atoms with Gasteiger partial charge in [0.05, 0.1) is 23.4 Å². The number of allylic oxidation sites excluding steroid dienone is 2. The fraction of sp³-hybridized carbons (Fsp3) is 0.333. The smallest absolute Gasteiger partial charge is 0.316 e. The van der Waals surface area contributed by atoms with Crippen molar-refractivity contribution >= 4 is 35.1 Å². The Morgan fingerprint density at radius 3 is 2.06 bits per heavy atom. The van der Waals surface area contributed by atoms with Crippen LogP contribution in [0.4, 0.5) is 11.4 Å². The number of hydrogen-bond acceptors (Lipinski definition) is 5. The highest BCUT2D eigenvalue weighted by molar-refractivity contribution is 6.22. The molecule has 3 amide bonds. The molecule has 7 heteroatoms. The second-order valence-electron chi connectivity index (χ2n) is 9.23. The van der Waals surface area contributed by atoms with E-state index in [-0.39, 0.29) is 42.5 Å². The van der Waals surface area contributed by atoms with Gasteiger partial charge < -0.3 is 9.64 Å². The van der Waals surface area contributed by atoms with Crippen molar-refractivity contribution in [3.8, 4) is 5.75 Å². The molecule has 174 valence electrons. The third-order valence-corrected chi connectivity index (χ3v) is 6.99. The maximum absolute atomic E-state index is 12.8. The molecule has 0 aromatic heterocycles. The number of nitrogens with zero attached hydrogens (tertiary/aromatic N) is 2. The average Bonchev–Trinajstić information content (AvgIpc) is 3.32. The Labute approximate surface area is 198 Å². The van der Waals surface area contributed by atoms with Crippen LogP contribution in [0.2, 0.25) is 0 Å². The fourth-order valence-corrected chi connectivity index (χ4v) is 5.23. The average molecular weight is 459 g/mol. The third kappa shape index (κ3) is 3.71. The Kier molecular flexibility index (Phi) is 5.55. The molecule has 0 bridgehead atoms. The number of carbonyl (C=O) groups excluding carboxylic acids is 4. The summed E-state index contributed by atoms with van der Waals surface area (Å²) in [6.45, 7) is 4.17. The summed E-state index contributed by atoms with van der Waals surface area (Å²) in [5.74, 6) is -1.78. The first-order valence-corrected chi connectivity index (χ1v) is 11.6. The van der Waals surface area contributed by atoms with Crippen LogP contribution in [0.3, 0.4) is 0 Å². The lowest BCUT2D eigenvalue weighted by atomic mass is 9.85. The van der Waals surface area contributed by atoms with Crippen LogP contribution in [0, 0.1) is 31.6 Å². The SMILES string of the molecule is Cc1cccc(C)c1N1C[C@@H](C(=O)Oc2ccc(N3C(=O)[C@H]4CC=CC[C@H]4C3=O)cc2)CC1=O. The van der Waals surface area contributed by atoms with Crippen molar-refractivity contribution in [2.75, 3.05) is 16.3 Å². The first-order chi connectivity index (χ1) is 16.3. The minimum absolute atomic E-state index is 0.0955. The van der Waals surface area contributed by atoms with Gasteiger partial charge in [0.1, 0.15) is 5.75 Å². The number of imide groups is 1. The van der Waals surface area contributed by atoms with Crippen LogP contribution in [0.15, 0.2) is 54.6 Å². The quantitative estimate of drug-likeness (QED) is 0.302. The molecule has 0 saturated carbocycles. The summed E-state index contributed by atoms with van der Waals surface area (Å²) < 4.78 is 5.54. The molecule has 2 fully saturated rings. The predicted octanol–water partition coefficient (Wildman–Crippen LogP) is 3.72. The normalized spacial score (nSPS) is 24.1. The molecule has 0 N–H and O–H groups in total. The van der Waals surface area contributed by atoms with Gasteiger partial charge in [0, 0.05) is 18.7 Å². The molecule has 7 nitrogen and oxygen atoms in total. The van der Waals surface area contributed by atoms with Gasteiger partial charge in [0.2, 0.25) is 17.7 Å². The predicted molar refractivity (Wildman–Crippen MR) is 126 cm³/mol. The van der Waals surface area contributed by atoms with E-state index in [1.807, 2.05) is 44.2 Å². The van der Waals surface area contributed by atoms with Gasteiger partial charge in [-0.3, -0.25) is 24.1 Å². The van der Waals surface area contributed by atoms with Crippen LogP contribution < -0.4 is 14.5 Å². The Balaban J connectivity index is 1.26. The number of hydrogen-bond donors (Lipinski definition) is 0. The number of ether oxygens (including phenoxy) is 1. The van der Waals surface area contributed by atoms with E-state index in [0.29, 0.717) is 24.3 Å². The zero-order valence-electron chi connectivity index (χ0n) is 19.2. The lowest BCUT2D eigenvalue weighted by Crippen LogP contribution is -2.30. The molecular weight excluding hydrogens is 432 g/mol. The lowest BCUT2D eigenvalue weighted by molar-refractivity contribution is -0.139. The molecule has 1 aliphatic carbocycles. The van der Waals surface area contributed by atoms with Crippen molar-refractivity contribution < 1.29 is 23.9 Å². The topological polar surface area (TPSA) is 84.0 Å². The molecule has 0 radical (unpaired) electrons. The third-order valence-electron chi connectivity index (χ3n) is 6.99. The number of rotatable bonds is 4. The highest BCUT2D eigenvalue weighted by atomic mass is 16.5. The highest BCUT2D eigenvalue weighted by Gasteiger charge is 2.47. The molecule has 0 unspecified atom stereocenters. The van der Waals surface area contributed by atoms with Gasteiger partial charge in [0.15, 0.2) is 0 Å². The molecule has 2 aliphatic heterocycles. The van der Waals surface area contributed by atoms with Gasteiger partial charge in [-0.05, 0) is 62.1 Å². The van der Waals surface area contributed by atoms with Crippen LogP contribution in [-0.2, 0) is 19.2 Å². The summed E-state index contributed by atoms with van der Waals surface area (Å²) >= 11 is 0. The molecule has 3 atom stereocenters. The summed E-state index contributed by atoms with van der Waals surface area (Å²) in [5, 5.41) is 0. The number of esters is 1. The summed E-state index contributed by atoms with van der Waals surface area (Å²) in [5.41, 5.74) is 3.29. The van der Waals surface area contributed by atoms with Gasteiger partial charge in [-0.1, -0.05) is 30.4 Å². The molecule has 2 saturated heterocycles. The molecule has 5 rings (SSSR count). The van der Waals surface area contributed by atoms with Crippen molar-refractivity contribution in [2.45, 2.75) is 33.1 Å². The summed E-state index contributed by atoms with van der Waals surface area (Å²) in [6.07, 6.45) is 5.17. The van der Waals surface area contributed by atoms with Crippen molar-refractivity contribution in [1.29, 1.82) is 0 Å². The minimum Gasteiger partial charge on any atom is -0.426 e. The van der Waals surface area contributed by atoms with Gasteiger partial charge in [-0.25, -0.2) is 0 Å². The fourth-order valence-electron chi connectivity index (χ4n) is 5.23. The monoisotopic (exact) mass is 458 g/mol. The Morgan fingerprint density at radius 1 is 0.882 bits per heavy atom. The number of benzene rings is 2. The Morgan fingerprint density at radius 2 is 1.47 bits per heavy atom. The minimum atomic E-state index is -0.566. The molecule has 2 aromatic carbocycles. The van der Waals surface area contributed by atoms with E-state index in [1.54, 1.807) is 29.2 Å². The van der Waals surface area contributed by atoms with Crippen LogP contribution in [0.25, 0.3) is 0 Å². The second kappa shape index (κ2) is 8.56. The van der Waals surface area contributed by atoms with Gasteiger partial charge in [-0.2, -0.15) is 0 Å². The lowest BCUT2D eigenvalue weighted by Gasteiger charge is -2.21. The van der Waals surface area contributed by atoms with Crippen LogP contribution in [0.5, 0.6) is 5.75 Å².